The van der Waals surface area contributed by atoms with Gasteiger partial charge in [0.05, 0.1) is 5.92 Å². The molecule has 0 amide bonds. The number of hydrogen-bond donors (Lipinski definition) is 1. The Hall–Kier alpha value is -0.530. The van der Waals surface area contributed by atoms with Gasteiger partial charge in [0, 0.05) is 0 Å². The van der Waals surface area contributed by atoms with Crippen molar-refractivity contribution in [2.24, 2.45) is 11.8 Å². The van der Waals surface area contributed by atoms with E-state index in [4.69, 9.17) is 0 Å². The number of unbranched alkanes of at least 4 members (excludes halogenated alkanes) is 1. The molecular weight excluding hydrogens is 224 g/mol. The summed E-state index contributed by atoms with van der Waals surface area (Å²) in [6.45, 7) is 2.14. The first-order valence-electron chi connectivity index (χ1n) is 7.96. The molecule has 0 aromatic rings. The molecule has 0 radical (unpaired) electrons. The summed E-state index contributed by atoms with van der Waals surface area (Å²) in [7, 11) is 0. The predicted octanol–water partition coefficient (Wildman–Crippen LogP) is 5.02. The molecular formula is C16H30O2. The van der Waals surface area contributed by atoms with Crippen molar-refractivity contribution in [1.29, 1.82) is 0 Å². The van der Waals surface area contributed by atoms with Crippen LogP contribution in [-0.4, -0.2) is 11.1 Å². The Kier molecular flexibility index (Phi) is 8.11. The minimum atomic E-state index is -0.566. The highest BCUT2D eigenvalue weighted by Gasteiger charge is 2.22. The highest BCUT2D eigenvalue weighted by atomic mass is 16.4. The molecule has 1 atom stereocenters. The van der Waals surface area contributed by atoms with Gasteiger partial charge in [0.1, 0.15) is 0 Å². The molecule has 0 spiro atoms. The molecule has 1 fully saturated rings. The Morgan fingerprint density at radius 2 is 1.67 bits per heavy atom. The second-order valence-electron chi connectivity index (χ2n) is 5.98. The lowest BCUT2D eigenvalue weighted by Gasteiger charge is -2.20. The van der Waals surface area contributed by atoms with E-state index in [2.05, 4.69) is 6.92 Å². The highest BCUT2D eigenvalue weighted by Crippen LogP contribution is 2.29. The zero-order chi connectivity index (χ0) is 13.2. The Labute approximate surface area is 112 Å². The molecule has 2 nitrogen and oxygen atoms in total. The lowest BCUT2D eigenvalue weighted by atomic mass is 9.85. The Balaban J connectivity index is 2.40. The summed E-state index contributed by atoms with van der Waals surface area (Å²) < 4.78 is 0. The van der Waals surface area contributed by atoms with Crippen LogP contribution in [0.5, 0.6) is 0 Å². The van der Waals surface area contributed by atoms with Gasteiger partial charge in [-0.25, -0.2) is 0 Å². The second-order valence-corrected chi connectivity index (χ2v) is 5.98. The maximum Gasteiger partial charge on any atom is 0.306 e. The number of carboxylic acids is 1. The van der Waals surface area contributed by atoms with E-state index in [1.807, 2.05) is 0 Å². The van der Waals surface area contributed by atoms with Gasteiger partial charge in [-0.15, -0.1) is 0 Å². The van der Waals surface area contributed by atoms with Crippen molar-refractivity contribution < 1.29 is 9.90 Å². The molecule has 0 aliphatic heterocycles. The van der Waals surface area contributed by atoms with Crippen LogP contribution in [0, 0.1) is 11.8 Å². The molecule has 1 unspecified atom stereocenters. The van der Waals surface area contributed by atoms with E-state index < -0.39 is 5.97 Å². The number of rotatable bonds is 6. The molecule has 0 saturated heterocycles. The smallest absolute Gasteiger partial charge is 0.306 e. The second kappa shape index (κ2) is 9.41. The van der Waals surface area contributed by atoms with Crippen LogP contribution in [0.25, 0.3) is 0 Å². The molecule has 1 N–H and O–H groups in total. The van der Waals surface area contributed by atoms with Crippen LogP contribution in [0.4, 0.5) is 0 Å². The number of aliphatic carboxylic acids is 1. The maximum atomic E-state index is 11.3. The summed E-state index contributed by atoms with van der Waals surface area (Å²) in [4.78, 5) is 11.3. The van der Waals surface area contributed by atoms with Gasteiger partial charge in [-0.05, 0) is 18.8 Å². The molecule has 18 heavy (non-hydrogen) atoms. The molecule has 2 heteroatoms. The first-order chi connectivity index (χ1) is 8.74. The van der Waals surface area contributed by atoms with Crippen molar-refractivity contribution in [3.8, 4) is 0 Å². The van der Waals surface area contributed by atoms with E-state index >= 15 is 0 Å². The van der Waals surface area contributed by atoms with Crippen LogP contribution in [0.2, 0.25) is 0 Å². The third-order valence-electron chi connectivity index (χ3n) is 4.35. The molecule has 0 aromatic carbocycles. The number of carbonyl (C=O) groups is 1. The monoisotopic (exact) mass is 254 g/mol. The van der Waals surface area contributed by atoms with Gasteiger partial charge >= 0.3 is 5.97 Å². The van der Waals surface area contributed by atoms with Crippen LogP contribution < -0.4 is 0 Å². The van der Waals surface area contributed by atoms with E-state index in [-0.39, 0.29) is 5.92 Å². The number of carboxylic acid groups (broad SMARTS) is 1. The van der Waals surface area contributed by atoms with Gasteiger partial charge in [-0.3, -0.25) is 4.79 Å². The largest absolute Gasteiger partial charge is 0.481 e. The summed E-state index contributed by atoms with van der Waals surface area (Å²) in [5.41, 5.74) is 0. The summed E-state index contributed by atoms with van der Waals surface area (Å²) >= 11 is 0. The van der Waals surface area contributed by atoms with Gasteiger partial charge < -0.3 is 5.11 Å². The maximum absolute atomic E-state index is 11.3. The zero-order valence-electron chi connectivity index (χ0n) is 12.0. The molecule has 1 aliphatic carbocycles. The zero-order valence-corrected chi connectivity index (χ0v) is 12.0. The van der Waals surface area contributed by atoms with E-state index in [0.717, 1.165) is 25.7 Å². The standard InChI is InChI=1S/C16H30O2/c1-2-3-12-15(16(17)18)13-14-10-8-6-4-5-7-9-11-14/h14-15H,2-13H2,1H3,(H,17,18). The normalized spacial score (nSPS) is 20.7. The van der Waals surface area contributed by atoms with E-state index in [1.54, 1.807) is 0 Å². The van der Waals surface area contributed by atoms with Crippen molar-refractivity contribution in [2.45, 2.75) is 84.0 Å². The summed E-state index contributed by atoms with van der Waals surface area (Å²) in [6.07, 6.45) is 14.6. The fourth-order valence-corrected chi connectivity index (χ4v) is 3.15. The Bertz CT molecular complexity index is 215. The van der Waals surface area contributed by atoms with E-state index in [0.29, 0.717) is 5.92 Å². The Morgan fingerprint density at radius 3 is 2.17 bits per heavy atom. The quantitative estimate of drug-likeness (QED) is 0.722. The Morgan fingerprint density at radius 1 is 1.11 bits per heavy atom. The van der Waals surface area contributed by atoms with Crippen LogP contribution in [0.1, 0.15) is 84.0 Å². The third kappa shape index (κ3) is 6.42. The van der Waals surface area contributed by atoms with E-state index in [1.165, 1.54) is 51.4 Å². The molecule has 0 aromatic heterocycles. The summed E-state index contributed by atoms with van der Waals surface area (Å²) in [6, 6.07) is 0. The van der Waals surface area contributed by atoms with Crippen molar-refractivity contribution in [1.82, 2.24) is 0 Å². The van der Waals surface area contributed by atoms with Gasteiger partial charge in [-0.1, -0.05) is 71.1 Å². The van der Waals surface area contributed by atoms with Gasteiger partial charge in [0.25, 0.3) is 0 Å². The van der Waals surface area contributed by atoms with Crippen molar-refractivity contribution in [2.75, 3.05) is 0 Å². The SMILES string of the molecule is CCCCC(CC1CCCCCCCC1)C(=O)O. The van der Waals surface area contributed by atoms with Crippen LogP contribution in [0.3, 0.4) is 0 Å². The predicted molar refractivity (Wildman–Crippen MR) is 75.7 cm³/mol. The third-order valence-corrected chi connectivity index (χ3v) is 4.35. The minimum absolute atomic E-state index is 0.0873. The van der Waals surface area contributed by atoms with Gasteiger partial charge in [0.2, 0.25) is 0 Å². The fraction of sp³-hybridized carbons (Fsp3) is 0.938. The lowest BCUT2D eigenvalue weighted by molar-refractivity contribution is -0.142. The average Bonchev–Trinajstić information content (AvgIpc) is 2.47. The minimum Gasteiger partial charge on any atom is -0.481 e. The summed E-state index contributed by atoms with van der Waals surface area (Å²) in [5, 5.41) is 9.31. The first-order valence-corrected chi connectivity index (χ1v) is 7.96. The fourth-order valence-electron chi connectivity index (χ4n) is 3.15. The highest BCUT2D eigenvalue weighted by molar-refractivity contribution is 5.69. The average molecular weight is 254 g/mol. The summed E-state index contributed by atoms with van der Waals surface area (Å²) in [5.74, 6) is 0.0140. The van der Waals surface area contributed by atoms with Crippen LogP contribution in [-0.2, 0) is 4.79 Å². The van der Waals surface area contributed by atoms with Crippen molar-refractivity contribution >= 4 is 5.97 Å². The van der Waals surface area contributed by atoms with E-state index in [9.17, 15) is 9.90 Å². The first kappa shape index (κ1) is 15.5. The van der Waals surface area contributed by atoms with Gasteiger partial charge in [0.15, 0.2) is 0 Å². The van der Waals surface area contributed by atoms with Crippen molar-refractivity contribution in [3.05, 3.63) is 0 Å². The molecule has 1 saturated carbocycles. The van der Waals surface area contributed by atoms with Crippen LogP contribution >= 0.6 is 0 Å². The molecule has 0 bridgehead atoms. The molecule has 106 valence electrons. The molecule has 1 rings (SSSR count). The van der Waals surface area contributed by atoms with Crippen molar-refractivity contribution in [3.63, 3.8) is 0 Å². The van der Waals surface area contributed by atoms with Gasteiger partial charge in [-0.2, -0.15) is 0 Å². The topological polar surface area (TPSA) is 37.3 Å². The molecule has 0 heterocycles. The van der Waals surface area contributed by atoms with Crippen LogP contribution in [0.15, 0.2) is 0 Å². The molecule has 1 aliphatic rings. The number of hydrogen-bond acceptors (Lipinski definition) is 1. The lowest BCUT2D eigenvalue weighted by Crippen LogP contribution is -2.18.